The minimum Gasteiger partial charge on any atom is -0.494 e. The fraction of sp³-hybridized carbons (Fsp3) is 0.483. The van der Waals surface area contributed by atoms with Crippen LogP contribution in [0.4, 0.5) is 5.69 Å². The van der Waals surface area contributed by atoms with Crippen molar-refractivity contribution in [3.8, 4) is 11.5 Å². The second kappa shape index (κ2) is 11.6. The maximum Gasteiger partial charge on any atom is 0.360 e. The summed E-state index contributed by atoms with van der Waals surface area (Å²) in [6, 6.07) is 7.17. The Kier molecular flexibility index (Phi) is 8.46. The number of rotatable bonds is 9. The number of amidine groups is 1. The third kappa shape index (κ3) is 5.86. The second-order valence-electron chi connectivity index (χ2n) is 10.6. The van der Waals surface area contributed by atoms with Crippen molar-refractivity contribution in [3.63, 3.8) is 0 Å². The van der Waals surface area contributed by atoms with E-state index in [0.29, 0.717) is 56.3 Å². The summed E-state index contributed by atoms with van der Waals surface area (Å²) in [6.07, 6.45) is 0. The molecule has 2 aromatic carbocycles. The third-order valence-corrected chi connectivity index (χ3v) is 6.94. The van der Waals surface area contributed by atoms with Gasteiger partial charge in [-0.05, 0) is 42.2 Å². The lowest BCUT2D eigenvalue weighted by molar-refractivity contribution is 0.0305. The quantitative estimate of drug-likeness (QED) is 0.366. The molecule has 1 fully saturated rings. The number of Topliss-reactive ketones (excluding diaryl/α,β-unsaturated/α-hetero) is 1. The molecule has 0 aromatic heterocycles. The summed E-state index contributed by atoms with van der Waals surface area (Å²) in [6.45, 7) is 11.5. The van der Waals surface area contributed by atoms with Gasteiger partial charge in [-0.1, -0.05) is 20.8 Å². The Morgan fingerprint density at radius 3 is 2.46 bits per heavy atom. The van der Waals surface area contributed by atoms with E-state index in [2.05, 4.69) is 31.2 Å². The molecule has 10 nitrogen and oxygen atoms in total. The Hall–Kier alpha value is -3.63. The van der Waals surface area contributed by atoms with Crippen LogP contribution in [-0.4, -0.2) is 76.1 Å². The monoisotopic (exact) mass is 538 g/mol. The SMILES string of the molecule is CCOc1cc2c(cc1C(=O)ONC)C(=N)N(CC(=O)c1cc(N3CCOCC3)c(OC)c(C(C)(C)C)c1)C2. The minimum atomic E-state index is -0.602. The first-order valence-corrected chi connectivity index (χ1v) is 13.2. The van der Waals surface area contributed by atoms with E-state index in [0.717, 1.165) is 22.6 Å². The highest BCUT2D eigenvalue weighted by atomic mass is 16.7. The maximum atomic E-state index is 13.7. The molecule has 2 N–H and O–H groups in total. The lowest BCUT2D eigenvalue weighted by Gasteiger charge is -2.33. The zero-order chi connectivity index (χ0) is 28.3. The van der Waals surface area contributed by atoms with E-state index in [1.54, 1.807) is 24.1 Å². The molecule has 2 aromatic rings. The standard InChI is InChI=1S/C29H38N4O6/c1-7-38-25-14-19-16-33(27(30)20(19)15-21(25)28(35)39-31-5)17-24(34)18-12-22(29(2,3)4)26(36-6)23(13-18)32-8-10-37-11-9-32/h12-15,30-31H,7-11,16-17H2,1-6H3. The number of fused-ring (bicyclic) bond motifs is 1. The van der Waals surface area contributed by atoms with E-state index in [1.807, 2.05) is 19.1 Å². The average Bonchev–Trinajstić information content (AvgIpc) is 3.21. The first kappa shape index (κ1) is 28.4. The smallest absolute Gasteiger partial charge is 0.360 e. The summed E-state index contributed by atoms with van der Waals surface area (Å²) < 4.78 is 17.1. The highest BCUT2D eigenvalue weighted by molar-refractivity contribution is 6.07. The van der Waals surface area contributed by atoms with E-state index >= 15 is 0 Å². The lowest BCUT2D eigenvalue weighted by Crippen LogP contribution is -2.37. The number of hydrogen-bond donors (Lipinski definition) is 2. The largest absolute Gasteiger partial charge is 0.494 e. The van der Waals surface area contributed by atoms with E-state index < -0.39 is 5.97 Å². The van der Waals surface area contributed by atoms with Crippen LogP contribution < -0.4 is 19.9 Å². The van der Waals surface area contributed by atoms with Gasteiger partial charge in [-0.2, -0.15) is 5.48 Å². The van der Waals surface area contributed by atoms with Crippen LogP contribution in [0.25, 0.3) is 0 Å². The first-order valence-electron chi connectivity index (χ1n) is 13.2. The number of morpholine rings is 1. The molecule has 1 saturated heterocycles. The molecule has 0 bridgehead atoms. The van der Waals surface area contributed by atoms with Crippen molar-refractivity contribution in [2.24, 2.45) is 0 Å². The van der Waals surface area contributed by atoms with Gasteiger partial charge in [-0.25, -0.2) is 4.79 Å². The molecule has 210 valence electrons. The molecule has 2 aliphatic rings. The van der Waals surface area contributed by atoms with Crippen molar-refractivity contribution in [3.05, 3.63) is 52.1 Å². The molecular formula is C29H38N4O6. The van der Waals surface area contributed by atoms with E-state index in [9.17, 15) is 9.59 Å². The van der Waals surface area contributed by atoms with Gasteiger partial charge in [-0.15, -0.1) is 0 Å². The molecule has 0 amide bonds. The molecule has 0 unspecified atom stereocenters. The van der Waals surface area contributed by atoms with Crippen LogP contribution in [0.3, 0.4) is 0 Å². The number of ether oxygens (including phenoxy) is 3. The molecule has 2 aliphatic heterocycles. The first-order chi connectivity index (χ1) is 18.6. The van der Waals surface area contributed by atoms with E-state index in [4.69, 9.17) is 24.5 Å². The van der Waals surface area contributed by atoms with Crippen molar-refractivity contribution in [1.29, 1.82) is 5.41 Å². The van der Waals surface area contributed by atoms with Crippen LogP contribution in [0, 0.1) is 5.41 Å². The van der Waals surface area contributed by atoms with Crippen molar-refractivity contribution >= 4 is 23.3 Å². The molecule has 0 atom stereocenters. The summed E-state index contributed by atoms with van der Waals surface area (Å²) in [4.78, 5) is 35.1. The summed E-state index contributed by atoms with van der Waals surface area (Å²) in [5.41, 5.74) is 6.15. The fourth-order valence-corrected chi connectivity index (χ4v) is 5.00. The molecule has 0 radical (unpaired) electrons. The van der Waals surface area contributed by atoms with Gasteiger partial charge in [0, 0.05) is 43.4 Å². The molecule has 0 spiro atoms. The van der Waals surface area contributed by atoms with Crippen molar-refractivity contribution in [2.45, 2.75) is 39.7 Å². The fourth-order valence-electron chi connectivity index (χ4n) is 5.00. The predicted octanol–water partition coefficient (Wildman–Crippen LogP) is 3.54. The normalized spacial score (nSPS) is 15.3. The maximum absolute atomic E-state index is 13.7. The molecule has 10 heteroatoms. The predicted molar refractivity (Wildman–Crippen MR) is 148 cm³/mol. The van der Waals surface area contributed by atoms with Crippen LogP contribution in [0.15, 0.2) is 24.3 Å². The minimum absolute atomic E-state index is 0.0201. The zero-order valence-corrected chi connectivity index (χ0v) is 23.6. The van der Waals surface area contributed by atoms with Gasteiger partial charge in [0.15, 0.2) is 5.78 Å². The second-order valence-corrected chi connectivity index (χ2v) is 10.6. The third-order valence-electron chi connectivity index (χ3n) is 6.94. The Morgan fingerprint density at radius 1 is 1.13 bits per heavy atom. The van der Waals surface area contributed by atoms with Crippen molar-refractivity contribution < 1.29 is 28.6 Å². The van der Waals surface area contributed by atoms with Crippen LogP contribution in [-0.2, 0) is 21.5 Å². The number of hydroxylamine groups is 1. The number of carbonyl (C=O) groups is 2. The summed E-state index contributed by atoms with van der Waals surface area (Å²) >= 11 is 0. The molecule has 2 heterocycles. The molecule has 4 rings (SSSR count). The zero-order valence-electron chi connectivity index (χ0n) is 23.6. The van der Waals surface area contributed by atoms with Gasteiger partial charge in [0.2, 0.25) is 0 Å². The number of hydrogen-bond acceptors (Lipinski definition) is 9. The van der Waals surface area contributed by atoms with Crippen LogP contribution >= 0.6 is 0 Å². The van der Waals surface area contributed by atoms with Gasteiger partial charge in [-0.3, -0.25) is 10.2 Å². The number of nitrogens with one attached hydrogen (secondary N) is 2. The number of benzene rings is 2. The Balaban J connectivity index is 1.65. The number of carbonyl (C=O) groups excluding carboxylic acids is 2. The van der Waals surface area contributed by atoms with Crippen LogP contribution in [0.1, 0.15) is 65.1 Å². The van der Waals surface area contributed by atoms with Crippen molar-refractivity contribution in [1.82, 2.24) is 10.4 Å². The summed E-state index contributed by atoms with van der Waals surface area (Å²) in [5, 5.41) is 8.79. The number of ketones is 1. The number of methoxy groups -OCH3 is 1. The average molecular weight is 539 g/mol. The molecule has 0 aliphatic carbocycles. The van der Waals surface area contributed by atoms with Gasteiger partial charge in [0.25, 0.3) is 0 Å². The Labute approximate surface area is 229 Å². The van der Waals surface area contributed by atoms with Gasteiger partial charge >= 0.3 is 5.97 Å². The molecule has 39 heavy (non-hydrogen) atoms. The van der Waals surface area contributed by atoms with Crippen LogP contribution in [0.5, 0.6) is 11.5 Å². The molecular weight excluding hydrogens is 500 g/mol. The van der Waals surface area contributed by atoms with Gasteiger partial charge < -0.3 is 28.8 Å². The lowest BCUT2D eigenvalue weighted by atomic mass is 9.84. The van der Waals surface area contributed by atoms with E-state index in [1.165, 1.54) is 7.05 Å². The summed E-state index contributed by atoms with van der Waals surface area (Å²) in [5.74, 6) is 0.631. The Bertz CT molecular complexity index is 1260. The van der Waals surface area contributed by atoms with Gasteiger partial charge in [0.1, 0.15) is 22.9 Å². The number of nitrogens with zero attached hydrogens (tertiary/aromatic N) is 2. The topological polar surface area (TPSA) is 113 Å². The van der Waals surface area contributed by atoms with E-state index in [-0.39, 0.29) is 29.1 Å². The van der Waals surface area contributed by atoms with Crippen LogP contribution in [0.2, 0.25) is 0 Å². The molecule has 0 saturated carbocycles. The summed E-state index contributed by atoms with van der Waals surface area (Å²) in [7, 11) is 3.16. The highest BCUT2D eigenvalue weighted by Crippen LogP contribution is 2.41. The number of anilines is 1. The van der Waals surface area contributed by atoms with Crippen molar-refractivity contribution in [2.75, 3.05) is 58.5 Å². The van der Waals surface area contributed by atoms with Gasteiger partial charge in [0.05, 0.1) is 39.2 Å². The Morgan fingerprint density at radius 2 is 1.85 bits per heavy atom. The highest BCUT2D eigenvalue weighted by Gasteiger charge is 2.31.